The average Bonchev–Trinajstić information content (AvgIpc) is 3.26. The molecule has 0 aliphatic heterocycles. The molecule has 1 aromatic heterocycles. The van der Waals surface area contributed by atoms with Gasteiger partial charge in [-0.2, -0.15) is 0 Å². The first kappa shape index (κ1) is 24.0. The molecule has 0 spiro atoms. The number of thiol groups is 1. The van der Waals surface area contributed by atoms with Crippen LogP contribution in [-0.2, 0) is 4.79 Å². The quantitative estimate of drug-likeness (QED) is 0.144. The molecule has 0 radical (unpaired) electrons. The van der Waals surface area contributed by atoms with Crippen molar-refractivity contribution in [3.05, 3.63) is 76.8 Å². The molecule has 4 rings (SSSR count). The van der Waals surface area contributed by atoms with Gasteiger partial charge in [0.05, 0.1) is 11.0 Å². The van der Waals surface area contributed by atoms with E-state index in [1.807, 2.05) is 31.2 Å². The fourth-order valence-electron chi connectivity index (χ4n) is 3.63. The number of hydrogen-bond acceptors (Lipinski definition) is 7. The molecule has 4 aromatic rings. The number of nitro groups is 1. The van der Waals surface area contributed by atoms with Gasteiger partial charge in [0.1, 0.15) is 11.4 Å². The molecule has 0 unspecified atom stereocenters. The average molecular weight is 490 g/mol. The molecule has 35 heavy (non-hydrogen) atoms. The molecular formula is C26H23N3O5S. The van der Waals surface area contributed by atoms with Crippen LogP contribution in [0.4, 0.5) is 11.6 Å². The number of aromatic hydroxyl groups is 1. The zero-order valence-electron chi connectivity index (χ0n) is 18.9. The van der Waals surface area contributed by atoms with Crippen LogP contribution < -0.4 is 5.32 Å². The van der Waals surface area contributed by atoms with Crippen LogP contribution in [0.5, 0.6) is 5.75 Å². The first-order valence-electron chi connectivity index (χ1n) is 11.0. The van der Waals surface area contributed by atoms with Gasteiger partial charge in [-0.05, 0) is 42.3 Å². The number of phenolic OH excluding ortho intramolecular Hbond substituents is 1. The Balaban J connectivity index is 1.84. The number of aromatic nitrogens is 1. The van der Waals surface area contributed by atoms with Gasteiger partial charge in [-0.25, -0.2) is 4.98 Å². The van der Waals surface area contributed by atoms with Gasteiger partial charge in [0.15, 0.2) is 0 Å². The van der Waals surface area contributed by atoms with E-state index in [1.54, 1.807) is 24.3 Å². The van der Waals surface area contributed by atoms with Crippen LogP contribution >= 0.6 is 12.6 Å². The number of nitrogens with one attached hydrogen (secondary N) is 1. The van der Waals surface area contributed by atoms with Crippen molar-refractivity contribution in [3.63, 3.8) is 0 Å². The second-order valence-electron chi connectivity index (χ2n) is 7.90. The lowest BCUT2D eigenvalue weighted by Gasteiger charge is -2.11. The highest BCUT2D eigenvalue weighted by atomic mass is 32.1. The lowest BCUT2D eigenvalue weighted by atomic mass is 9.96. The van der Waals surface area contributed by atoms with Gasteiger partial charge in [0.2, 0.25) is 17.7 Å². The van der Waals surface area contributed by atoms with Crippen molar-refractivity contribution in [2.75, 3.05) is 5.32 Å². The Hall–Kier alpha value is -4.11. The summed E-state index contributed by atoms with van der Waals surface area (Å²) in [6, 6.07) is 18.3. The van der Waals surface area contributed by atoms with Crippen molar-refractivity contribution in [1.82, 2.24) is 4.98 Å². The highest BCUT2D eigenvalue weighted by Gasteiger charge is 2.22. The second kappa shape index (κ2) is 10.4. The van der Waals surface area contributed by atoms with Gasteiger partial charge in [0, 0.05) is 34.1 Å². The highest BCUT2D eigenvalue weighted by molar-refractivity contribution is 7.80. The Bertz CT molecular complexity index is 1380. The number of hydrogen-bond donors (Lipinski definition) is 3. The smallest absolute Gasteiger partial charge is 0.273 e. The lowest BCUT2D eigenvalue weighted by molar-refractivity contribution is -0.384. The van der Waals surface area contributed by atoms with E-state index in [4.69, 9.17) is 4.42 Å². The Labute approximate surface area is 207 Å². The molecule has 178 valence electrons. The molecule has 0 fully saturated rings. The van der Waals surface area contributed by atoms with Gasteiger partial charge in [-0.15, -0.1) is 12.6 Å². The number of unbranched alkanes of at least 4 members (excludes halogenated alkanes) is 1. The molecule has 9 heteroatoms. The summed E-state index contributed by atoms with van der Waals surface area (Å²) in [6.45, 7) is 2.00. The Kier molecular flexibility index (Phi) is 7.17. The van der Waals surface area contributed by atoms with Gasteiger partial charge < -0.3 is 9.52 Å². The van der Waals surface area contributed by atoms with E-state index in [1.165, 1.54) is 12.1 Å². The fourth-order valence-corrected chi connectivity index (χ4v) is 3.78. The maximum absolute atomic E-state index is 12.5. The number of oxazole rings is 1. The van der Waals surface area contributed by atoms with E-state index in [-0.39, 0.29) is 23.2 Å². The number of rotatable bonds is 8. The number of carbonyl (C=O) groups excluding carboxylic acids is 1. The number of non-ortho nitro benzene ring substituents is 1. The topological polar surface area (TPSA) is 119 Å². The van der Waals surface area contributed by atoms with E-state index in [2.05, 4.69) is 22.9 Å². The number of amides is 1. The monoisotopic (exact) mass is 489 g/mol. The van der Waals surface area contributed by atoms with Crippen molar-refractivity contribution in [2.45, 2.75) is 31.1 Å². The molecule has 1 amide bonds. The first-order valence-corrected chi connectivity index (χ1v) is 11.5. The zero-order valence-corrected chi connectivity index (χ0v) is 19.8. The maximum Gasteiger partial charge on any atom is 0.273 e. The molecule has 0 atom stereocenters. The summed E-state index contributed by atoms with van der Waals surface area (Å²) in [4.78, 5) is 28.5. The minimum atomic E-state index is -0.570. The molecule has 0 aliphatic rings. The molecule has 1 heterocycles. The largest absolute Gasteiger partial charge is 0.507 e. The third kappa shape index (κ3) is 5.36. The van der Waals surface area contributed by atoms with Crippen molar-refractivity contribution in [2.24, 2.45) is 0 Å². The van der Waals surface area contributed by atoms with E-state index in [9.17, 15) is 20.0 Å². The summed E-state index contributed by atoms with van der Waals surface area (Å²) in [7, 11) is 0. The summed E-state index contributed by atoms with van der Waals surface area (Å²) in [5.74, 6) is 0.0530. The number of benzene rings is 3. The Morgan fingerprint density at radius 3 is 2.46 bits per heavy atom. The fraction of sp³-hybridized carbons (Fsp3) is 0.154. The van der Waals surface area contributed by atoms with Crippen molar-refractivity contribution >= 4 is 30.1 Å². The summed E-state index contributed by atoms with van der Waals surface area (Å²) >= 11 is 4.31. The number of phenols is 1. The number of anilines is 1. The third-order valence-electron chi connectivity index (χ3n) is 5.42. The van der Waals surface area contributed by atoms with Crippen LogP contribution in [0.3, 0.4) is 0 Å². The van der Waals surface area contributed by atoms with Crippen LogP contribution in [0.25, 0.3) is 33.8 Å². The van der Waals surface area contributed by atoms with Crippen LogP contribution in [0.2, 0.25) is 0 Å². The molecule has 0 saturated carbocycles. The van der Waals surface area contributed by atoms with Crippen molar-refractivity contribution in [3.8, 4) is 39.6 Å². The van der Waals surface area contributed by atoms with Crippen LogP contribution in [0.1, 0.15) is 26.2 Å². The zero-order chi connectivity index (χ0) is 24.9. The molecule has 0 aliphatic carbocycles. The molecule has 2 N–H and O–H groups in total. The summed E-state index contributed by atoms with van der Waals surface area (Å²) in [6.07, 6.45) is 1.95. The molecular weight excluding hydrogens is 466 g/mol. The molecule has 3 aromatic carbocycles. The lowest BCUT2D eigenvalue weighted by Crippen LogP contribution is -2.11. The summed E-state index contributed by atoms with van der Waals surface area (Å²) in [5.41, 5.74) is 2.42. The number of carbonyl (C=O) groups is 1. The summed E-state index contributed by atoms with van der Waals surface area (Å²) < 4.78 is 6.00. The highest BCUT2D eigenvalue weighted by Crippen LogP contribution is 2.41. The van der Waals surface area contributed by atoms with Gasteiger partial charge >= 0.3 is 0 Å². The van der Waals surface area contributed by atoms with Crippen molar-refractivity contribution in [1.29, 1.82) is 0 Å². The number of nitrogens with zero attached hydrogens (tertiary/aromatic N) is 2. The number of nitro benzene ring substituents is 1. The maximum atomic E-state index is 12.5. The predicted octanol–water partition coefficient (Wildman–Crippen LogP) is 6.71. The van der Waals surface area contributed by atoms with Crippen LogP contribution in [-0.4, -0.2) is 20.9 Å². The molecule has 0 bridgehead atoms. The van der Waals surface area contributed by atoms with Gasteiger partial charge in [-0.3, -0.25) is 20.2 Å². The molecule has 8 nitrogen and oxygen atoms in total. The van der Waals surface area contributed by atoms with Gasteiger partial charge in [0.25, 0.3) is 5.69 Å². The normalized spacial score (nSPS) is 10.8. The minimum Gasteiger partial charge on any atom is -0.507 e. The van der Waals surface area contributed by atoms with Crippen molar-refractivity contribution < 1.29 is 19.2 Å². The first-order chi connectivity index (χ1) is 16.9. The molecule has 0 saturated heterocycles. The van der Waals surface area contributed by atoms with E-state index in [0.717, 1.165) is 23.8 Å². The Morgan fingerprint density at radius 1 is 1.09 bits per heavy atom. The predicted molar refractivity (Wildman–Crippen MR) is 137 cm³/mol. The second-order valence-corrected chi connectivity index (χ2v) is 8.42. The SMILES string of the molecule is CCCCC(=O)Nc1oc(-c2ccc(S)cc2)nc1-c1ccccc1-c1ccc([N+](=O)[O-])cc1O. The van der Waals surface area contributed by atoms with Gasteiger partial charge in [-0.1, -0.05) is 37.6 Å². The standard InChI is InChI=1S/C26H23N3O5S/c1-2-3-8-23(31)27-26-24(28-25(34-26)16-9-12-18(35)13-10-16)21-7-5-4-6-19(21)20-14-11-17(29(32)33)15-22(20)30/h4-7,9-15,30,35H,2-3,8H2,1H3,(H,27,31). The minimum absolute atomic E-state index is 0.185. The van der Waals surface area contributed by atoms with Crippen LogP contribution in [0.15, 0.2) is 76.0 Å². The van der Waals surface area contributed by atoms with Crippen LogP contribution in [0, 0.1) is 10.1 Å². The third-order valence-corrected chi connectivity index (χ3v) is 5.71. The summed E-state index contributed by atoms with van der Waals surface area (Å²) in [5, 5.41) is 24.5. The van der Waals surface area contributed by atoms with E-state index >= 15 is 0 Å². The van der Waals surface area contributed by atoms with E-state index < -0.39 is 4.92 Å². The van der Waals surface area contributed by atoms with E-state index in [0.29, 0.717) is 40.3 Å². The Morgan fingerprint density at radius 2 is 1.80 bits per heavy atom.